The van der Waals surface area contributed by atoms with Crippen LogP contribution in [-0.4, -0.2) is 99.6 Å². The molecule has 1 rings (SSSR count). The molecule has 0 aliphatic carbocycles. The zero-order valence-corrected chi connectivity index (χ0v) is 52.7. The van der Waals surface area contributed by atoms with E-state index >= 15 is 0 Å². The van der Waals surface area contributed by atoms with Crippen molar-refractivity contribution in [3.8, 4) is 0 Å². The number of rotatable bonds is 59. The van der Waals surface area contributed by atoms with Gasteiger partial charge >= 0.3 is 5.97 Å². The molecule has 0 aromatic heterocycles. The summed E-state index contributed by atoms with van der Waals surface area (Å²) in [5.41, 5.74) is 0. The second-order valence-electron chi connectivity index (χ2n) is 23.9. The van der Waals surface area contributed by atoms with Crippen LogP contribution in [0, 0.1) is 0 Å². The first kappa shape index (κ1) is 76.6. The van der Waals surface area contributed by atoms with Gasteiger partial charge in [-0.15, -0.1) is 0 Å². The number of aliphatic hydroxyl groups excluding tert-OH is 5. The molecule has 0 aromatic carbocycles. The number of hydrogen-bond donors (Lipinski definition) is 6. The van der Waals surface area contributed by atoms with Gasteiger partial charge in [-0.05, 0) is 64.2 Å². The molecule has 1 heterocycles. The van der Waals surface area contributed by atoms with Crippen molar-refractivity contribution in [2.45, 2.75) is 372 Å². The molecule has 0 saturated carbocycles. The maximum absolute atomic E-state index is 13.5. The standard InChI is InChI=1S/C70H129NO10/c1-4-7-10-13-16-19-22-25-26-27-28-29-30-31-32-33-34-35-36-37-40-42-45-48-51-54-57-63(74)69(78)71-61(62(73)56-53-50-47-44-41-38-23-20-17-14-11-8-5-2)60-79-70-68(67(77)66(76)64(59-72)80-70)81-65(75)58-55-52-49-46-43-39-24-21-18-15-12-9-6-3/h16,19,25-26,28-29,53,56,61-64,66-68,70,72-74,76-77H,4-15,17-18,20-24,27,30-52,54-55,57-60H2,1-3H3,(H,71,78)/b19-16-,26-25-,29-28-,56-53+. The van der Waals surface area contributed by atoms with Crippen LogP contribution in [-0.2, 0) is 23.8 Å². The fourth-order valence-electron chi connectivity index (χ4n) is 10.8. The number of allylic oxidation sites excluding steroid dienone is 7. The topological polar surface area (TPSA) is 175 Å². The number of unbranched alkanes of at least 4 members (excludes halogenated alkanes) is 39. The average Bonchev–Trinajstić information content (AvgIpc) is 3.52. The molecule has 0 radical (unpaired) electrons. The number of carbonyl (C=O) groups excluding carboxylic acids is 2. The smallest absolute Gasteiger partial charge is 0.306 e. The highest BCUT2D eigenvalue weighted by Gasteiger charge is 2.47. The van der Waals surface area contributed by atoms with E-state index in [1.54, 1.807) is 6.08 Å². The molecule has 8 atom stereocenters. The summed E-state index contributed by atoms with van der Waals surface area (Å²) in [5, 5.41) is 57.1. The molecule has 11 nitrogen and oxygen atoms in total. The van der Waals surface area contributed by atoms with Gasteiger partial charge in [-0.3, -0.25) is 9.59 Å². The van der Waals surface area contributed by atoms with Gasteiger partial charge in [0, 0.05) is 6.42 Å². The molecule has 6 N–H and O–H groups in total. The highest BCUT2D eigenvalue weighted by molar-refractivity contribution is 5.80. The largest absolute Gasteiger partial charge is 0.454 e. The Balaban J connectivity index is 2.57. The molecule has 474 valence electrons. The van der Waals surface area contributed by atoms with Gasteiger partial charge in [-0.2, -0.15) is 0 Å². The molecule has 81 heavy (non-hydrogen) atoms. The molecular weight excluding hydrogens is 1010 g/mol. The summed E-state index contributed by atoms with van der Waals surface area (Å²) in [4.78, 5) is 26.6. The van der Waals surface area contributed by atoms with Crippen molar-refractivity contribution in [1.82, 2.24) is 5.32 Å². The van der Waals surface area contributed by atoms with Crippen molar-refractivity contribution in [1.29, 1.82) is 0 Å². The Morgan fingerprint density at radius 1 is 0.481 bits per heavy atom. The second kappa shape index (κ2) is 58.0. The zero-order valence-electron chi connectivity index (χ0n) is 52.7. The number of nitrogens with one attached hydrogen (secondary N) is 1. The van der Waals surface area contributed by atoms with E-state index < -0.39 is 67.4 Å². The van der Waals surface area contributed by atoms with Gasteiger partial charge in [0.1, 0.15) is 24.4 Å². The van der Waals surface area contributed by atoms with Crippen LogP contribution in [0.25, 0.3) is 0 Å². The van der Waals surface area contributed by atoms with Gasteiger partial charge in [0.15, 0.2) is 12.4 Å². The van der Waals surface area contributed by atoms with Crippen molar-refractivity contribution in [2.24, 2.45) is 0 Å². The number of carbonyl (C=O) groups is 2. The van der Waals surface area contributed by atoms with Gasteiger partial charge in [0.05, 0.1) is 25.4 Å². The van der Waals surface area contributed by atoms with E-state index in [1.165, 1.54) is 205 Å². The molecule has 0 spiro atoms. The minimum absolute atomic E-state index is 0.128. The highest BCUT2D eigenvalue weighted by Crippen LogP contribution is 2.26. The molecule has 0 bridgehead atoms. The van der Waals surface area contributed by atoms with Crippen molar-refractivity contribution in [3.05, 3.63) is 48.6 Å². The SMILES string of the molecule is CCCCC/C=C\C/C=C\C/C=C\CCCCCCCCCCCCCCCC(O)C(=O)NC(COC1OC(CO)C(O)C(O)C1OC(=O)CCCCCCCCCCCCCCC)C(O)/C=C/CCCCCCCCCCCCC. The minimum atomic E-state index is -1.61. The van der Waals surface area contributed by atoms with Crippen LogP contribution in [0.3, 0.4) is 0 Å². The summed E-state index contributed by atoms with van der Waals surface area (Å²) in [7, 11) is 0. The second-order valence-corrected chi connectivity index (χ2v) is 23.9. The van der Waals surface area contributed by atoms with E-state index in [-0.39, 0.29) is 13.0 Å². The summed E-state index contributed by atoms with van der Waals surface area (Å²) in [6.45, 7) is 5.79. The summed E-state index contributed by atoms with van der Waals surface area (Å²) in [6, 6.07) is -1.02. The summed E-state index contributed by atoms with van der Waals surface area (Å²) >= 11 is 0. The maximum atomic E-state index is 13.5. The van der Waals surface area contributed by atoms with Gasteiger partial charge in [-0.25, -0.2) is 0 Å². The number of aliphatic hydroxyl groups is 5. The van der Waals surface area contributed by atoms with Crippen LogP contribution in [0.5, 0.6) is 0 Å². The van der Waals surface area contributed by atoms with Gasteiger partial charge in [0.25, 0.3) is 0 Å². The molecule has 0 aromatic rings. The number of ether oxygens (including phenoxy) is 3. The lowest BCUT2D eigenvalue weighted by atomic mass is 9.99. The lowest BCUT2D eigenvalue weighted by Crippen LogP contribution is -2.61. The average molecular weight is 1140 g/mol. The first-order valence-corrected chi connectivity index (χ1v) is 34.4. The van der Waals surface area contributed by atoms with Gasteiger partial charge < -0.3 is 45.1 Å². The van der Waals surface area contributed by atoms with Crippen LogP contribution >= 0.6 is 0 Å². The minimum Gasteiger partial charge on any atom is -0.454 e. The molecular formula is C70H129NO10. The van der Waals surface area contributed by atoms with Crippen molar-refractivity contribution in [2.75, 3.05) is 13.2 Å². The summed E-state index contributed by atoms with van der Waals surface area (Å²) in [5.74, 6) is -1.18. The third-order valence-corrected chi connectivity index (χ3v) is 16.2. The molecule has 1 amide bonds. The Morgan fingerprint density at radius 2 is 0.852 bits per heavy atom. The first-order valence-electron chi connectivity index (χ1n) is 34.4. The quantitative estimate of drug-likeness (QED) is 0.0195. The van der Waals surface area contributed by atoms with Crippen LogP contribution in [0.2, 0.25) is 0 Å². The molecule has 1 saturated heterocycles. The third kappa shape index (κ3) is 45.6. The van der Waals surface area contributed by atoms with Crippen LogP contribution in [0.1, 0.15) is 323 Å². The molecule has 1 aliphatic heterocycles. The fourth-order valence-corrected chi connectivity index (χ4v) is 10.8. The lowest BCUT2D eigenvalue weighted by Gasteiger charge is -2.41. The van der Waals surface area contributed by atoms with Gasteiger partial charge in [0.2, 0.25) is 5.91 Å². The maximum Gasteiger partial charge on any atom is 0.306 e. The third-order valence-electron chi connectivity index (χ3n) is 16.2. The van der Waals surface area contributed by atoms with Crippen LogP contribution < -0.4 is 5.32 Å². The Kier molecular flexibility index (Phi) is 54.9. The number of amides is 1. The van der Waals surface area contributed by atoms with E-state index in [0.29, 0.717) is 19.3 Å². The lowest BCUT2D eigenvalue weighted by molar-refractivity contribution is -0.305. The summed E-state index contributed by atoms with van der Waals surface area (Å²) < 4.78 is 17.7. The molecule has 1 aliphatic rings. The monoisotopic (exact) mass is 1140 g/mol. The van der Waals surface area contributed by atoms with E-state index in [0.717, 1.165) is 70.6 Å². The van der Waals surface area contributed by atoms with Gasteiger partial charge in [-0.1, -0.05) is 301 Å². The Labute approximate surface area is 497 Å². The highest BCUT2D eigenvalue weighted by atomic mass is 16.7. The Bertz CT molecular complexity index is 1500. The van der Waals surface area contributed by atoms with Crippen LogP contribution in [0.4, 0.5) is 0 Å². The first-order chi connectivity index (χ1) is 39.7. The number of hydrogen-bond acceptors (Lipinski definition) is 10. The van der Waals surface area contributed by atoms with Crippen molar-refractivity contribution >= 4 is 11.9 Å². The number of esters is 1. The summed E-state index contributed by atoms with van der Waals surface area (Å²) in [6.07, 6.45) is 61.5. The zero-order chi connectivity index (χ0) is 58.9. The van der Waals surface area contributed by atoms with Crippen molar-refractivity contribution in [3.63, 3.8) is 0 Å². The van der Waals surface area contributed by atoms with Crippen molar-refractivity contribution < 1.29 is 49.3 Å². The van der Waals surface area contributed by atoms with E-state index in [9.17, 15) is 35.1 Å². The fraction of sp³-hybridized carbons (Fsp3) is 0.857. The predicted octanol–water partition coefficient (Wildman–Crippen LogP) is 17.2. The normalized spacial score (nSPS) is 18.9. The van der Waals surface area contributed by atoms with E-state index in [2.05, 4.69) is 62.5 Å². The molecule has 8 unspecified atom stereocenters. The molecule has 11 heteroatoms. The predicted molar refractivity (Wildman–Crippen MR) is 338 cm³/mol. The van der Waals surface area contributed by atoms with Crippen LogP contribution in [0.15, 0.2) is 48.6 Å². The van der Waals surface area contributed by atoms with E-state index in [1.807, 2.05) is 6.08 Å². The van der Waals surface area contributed by atoms with E-state index in [4.69, 9.17) is 14.2 Å². The Hall–Kier alpha value is -2.38. The molecule has 1 fully saturated rings. The Morgan fingerprint density at radius 3 is 1.30 bits per heavy atom.